The molecule has 0 amide bonds. The number of nitrogens with zero attached hydrogens (tertiary/aromatic N) is 3. The normalized spacial score (nSPS) is 12.7. The summed E-state index contributed by atoms with van der Waals surface area (Å²) in [6.07, 6.45) is 2.50. The van der Waals surface area contributed by atoms with Crippen molar-refractivity contribution in [2.45, 2.75) is 13.0 Å². The van der Waals surface area contributed by atoms with Crippen molar-refractivity contribution in [3.8, 4) is 5.69 Å². The molecule has 0 bridgehead atoms. The molecular weight excluding hydrogens is 214 g/mol. The summed E-state index contributed by atoms with van der Waals surface area (Å²) in [6.45, 7) is 1.70. The van der Waals surface area contributed by atoms with Gasteiger partial charge in [-0.1, -0.05) is 17.7 Å². The minimum atomic E-state index is -0.521. The number of rotatable bonds is 2. The Morgan fingerprint density at radius 1 is 1.47 bits per heavy atom. The highest BCUT2D eigenvalue weighted by atomic mass is 35.5. The summed E-state index contributed by atoms with van der Waals surface area (Å²) >= 11 is 6.07. The van der Waals surface area contributed by atoms with Crippen LogP contribution in [0.25, 0.3) is 5.69 Å². The van der Waals surface area contributed by atoms with E-state index in [-0.39, 0.29) is 0 Å². The molecule has 0 unspecified atom stereocenters. The predicted molar refractivity (Wildman–Crippen MR) is 57.0 cm³/mol. The predicted octanol–water partition coefficient (Wildman–Crippen LogP) is 1.97. The Hall–Kier alpha value is -1.39. The van der Waals surface area contributed by atoms with Gasteiger partial charge in [-0.2, -0.15) is 5.10 Å². The summed E-state index contributed by atoms with van der Waals surface area (Å²) < 4.78 is 1.58. The molecule has 1 N–H and O–H groups in total. The number of aliphatic hydroxyl groups is 1. The molecule has 1 aromatic heterocycles. The molecule has 2 rings (SSSR count). The first-order valence-electron chi connectivity index (χ1n) is 4.51. The van der Waals surface area contributed by atoms with E-state index in [4.69, 9.17) is 11.6 Å². The van der Waals surface area contributed by atoms with Crippen molar-refractivity contribution in [1.82, 2.24) is 14.8 Å². The van der Waals surface area contributed by atoms with Crippen LogP contribution in [0.2, 0.25) is 5.02 Å². The SMILES string of the molecule is C[C@@H](O)c1ccc(-n2cncn2)c(Cl)c1. The maximum atomic E-state index is 9.38. The van der Waals surface area contributed by atoms with Gasteiger partial charge >= 0.3 is 0 Å². The van der Waals surface area contributed by atoms with Crippen LogP contribution in [0.4, 0.5) is 0 Å². The highest BCUT2D eigenvalue weighted by Gasteiger charge is 2.07. The van der Waals surface area contributed by atoms with Gasteiger partial charge in [-0.15, -0.1) is 0 Å². The Morgan fingerprint density at radius 3 is 2.80 bits per heavy atom. The standard InChI is InChI=1S/C10H10ClN3O/c1-7(15)8-2-3-10(9(11)4-8)14-6-12-5-13-14/h2-7,15H,1H3/t7-/m1/s1. The molecule has 1 heterocycles. The highest BCUT2D eigenvalue weighted by Crippen LogP contribution is 2.23. The molecule has 0 saturated heterocycles. The third kappa shape index (κ3) is 2.00. The summed E-state index contributed by atoms with van der Waals surface area (Å²) in [5.41, 5.74) is 1.53. The zero-order chi connectivity index (χ0) is 10.8. The van der Waals surface area contributed by atoms with Crippen LogP contribution in [0.5, 0.6) is 0 Å². The lowest BCUT2D eigenvalue weighted by Gasteiger charge is -2.08. The van der Waals surface area contributed by atoms with E-state index in [0.29, 0.717) is 5.02 Å². The van der Waals surface area contributed by atoms with Gasteiger partial charge in [0.15, 0.2) is 0 Å². The Balaban J connectivity index is 2.44. The van der Waals surface area contributed by atoms with E-state index < -0.39 is 6.10 Å². The van der Waals surface area contributed by atoms with Crippen LogP contribution in [-0.2, 0) is 0 Å². The summed E-state index contributed by atoms with van der Waals surface area (Å²) in [5, 5.41) is 13.9. The quantitative estimate of drug-likeness (QED) is 0.847. The minimum Gasteiger partial charge on any atom is -0.389 e. The van der Waals surface area contributed by atoms with Crippen LogP contribution in [-0.4, -0.2) is 19.9 Å². The molecule has 0 aliphatic rings. The maximum absolute atomic E-state index is 9.38. The second-order valence-corrected chi connectivity index (χ2v) is 3.63. The minimum absolute atomic E-state index is 0.521. The first-order valence-corrected chi connectivity index (χ1v) is 4.89. The van der Waals surface area contributed by atoms with Gasteiger partial charge in [0.25, 0.3) is 0 Å². The molecule has 4 nitrogen and oxygen atoms in total. The fourth-order valence-corrected chi connectivity index (χ4v) is 1.58. The van der Waals surface area contributed by atoms with E-state index >= 15 is 0 Å². The Morgan fingerprint density at radius 2 is 2.27 bits per heavy atom. The number of halogens is 1. The molecular formula is C10H10ClN3O. The van der Waals surface area contributed by atoms with Crippen LogP contribution in [0.1, 0.15) is 18.6 Å². The third-order valence-electron chi connectivity index (χ3n) is 2.12. The molecule has 0 aliphatic heterocycles. The van der Waals surface area contributed by atoms with Gasteiger partial charge in [-0.25, -0.2) is 9.67 Å². The molecule has 1 atom stereocenters. The van der Waals surface area contributed by atoms with Gasteiger partial charge in [0.05, 0.1) is 16.8 Å². The van der Waals surface area contributed by atoms with Gasteiger partial charge in [-0.3, -0.25) is 0 Å². The van der Waals surface area contributed by atoms with Crippen molar-refractivity contribution in [1.29, 1.82) is 0 Å². The van der Waals surface area contributed by atoms with Gasteiger partial charge in [0, 0.05) is 0 Å². The Bertz CT molecular complexity index is 454. The zero-order valence-corrected chi connectivity index (χ0v) is 8.89. The monoisotopic (exact) mass is 223 g/mol. The van der Waals surface area contributed by atoms with Crippen molar-refractivity contribution in [3.05, 3.63) is 41.4 Å². The van der Waals surface area contributed by atoms with E-state index in [1.165, 1.54) is 6.33 Å². The number of aliphatic hydroxyl groups excluding tert-OH is 1. The average Bonchev–Trinajstić information content (AvgIpc) is 2.70. The molecule has 15 heavy (non-hydrogen) atoms. The smallest absolute Gasteiger partial charge is 0.138 e. The maximum Gasteiger partial charge on any atom is 0.138 e. The molecule has 1 aromatic carbocycles. The van der Waals surface area contributed by atoms with Gasteiger partial charge in [-0.05, 0) is 24.6 Å². The summed E-state index contributed by atoms with van der Waals surface area (Å²) in [6, 6.07) is 5.34. The summed E-state index contributed by atoms with van der Waals surface area (Å²) in [7, 11) is 0. The van der Waals surface area contributed by atoms with Crippen LogP contribution in [0.3, 0.4) is 0 Å². The molecule has 5 heteroatoms. The van der Waals surface area contributed by atoms with Crippen molar-refractivity contribution < 1.29 is 5.11 Å². The highest BCUT2D eigenvalue weighted by molar-refractivity contribution is 6.32. The van der Waals surface area contributed by atoms with Gasteiger partial charge in [0.1, 0.15) is 12.7 Å². The third-order valence-corrected chi connectivity index (χ3v) is 2.42. The molecule has 0 fully saturated rings. The Labute approximate surface area is 92.1 Å². The lowest BCUT2D eigenvalue weighted by Crippen LogP contribution is -1.97. The van der Waals surface area contributed by atoms with E-state index in [9.17, 15) is 5.11 Å². The molecule has 0 radical (unpaired) electrons. The molecule has 0 saturated carbocycles. The molecule has 2 aromatic rings. The molecule has 0 aliphatic carbocycles. The van der Waals surface area contributed by atoms with Crippen molar-refractivity contribution in [3.63, 3.8) is 0 Å². The van der Waals surface area contributed by atoms with E-state index in [1.54, 1.807) is 30.1 Å². The van der Waals surface area contributed by atoms with Gasteiger partial charge in [0.2, 0.25) is 0 Å². The number of benzene rings is 1. The first-order chi connectivity index (χ1) is 7.18. The fourth-order valence-electron chi connectivity index (χ4n) is 1.30. The number of hydrogen-bond acceptors (Lipinski definition) is 3. The lowest BCUT2D eigenvalue weighted by atomic mass is 10.1. The second-order valence-electron chi connectivity index (χ2n) is 3.23. The van der Waals surface area contributed by atoms with Crippen LogP contribution >= 0.6 is 11.6 Å². The van der Waals surface area contributed by atoms with E-state index in [1.807, 2.05) is 6.07 Å². The van der Waals surface area contributed by atoms with Crippen molar-refractivity contribution >= 4 is 11.6 Å². The van der Waals surface area contributed by atoms with Crippen molar-refractivity contribution in [2.75, 3.05) is 0 Å². The summed E-state index contributed by atoms with van der Waals surface area (Å²) in [4.78, 5) is 3.84. The number of aromatic nitrogens is 3. The average molecular weight is 224 g/mol. The molecule has 0 spiro atoms. The van der Waals surface area contributed by atoms with Crippen LogP contribution in [0.15, 0.2) is 30.9 Å². The van der Waals surface area contributed by atoms with Crippen molar-refractivity contribution in [2.24, 2.45) is 0 Å². The first kappa shape index (κ1) is 10.1. The van der Waals surface area contributed by atoms with E-state index in [2.05, 4.69) is 10.1 Å². The van der Waals surface area contributed by atoms with Crippen LogP contribution in [0, 0.1) is 0 Å². The summed E-state index contributed by atoms with van der Waals surface area (Å²) in [5.74, 6) is 0. The zero-order valence-electron chi connectivity index (χ0n) is 8.13. The van der Waals surface area contributed by atoms with E-state index in [0.717, 1.165) is 11.3 Å². The lowest BCUT2D eigenvalue weighted by molar-refractivity contribution is 0.199. The molecule has 78 valence electrons. The largest absolute Gasteiger partial charge is 0.389 e. The number of hydrogen-bond donors (Lipinski definition) is 1. The van der Waals surface area contributed by atoms with Gasteiger partial charge < -0.3 is 5.11 Å². The topological polar surface area (TPSA) is 50.9 Å². The fraction of sp³-hybridized carbons (Fsp3) is 0.200. The second kappa shape index (κ2) is 4.00. The Kier molecular flexibility index (Phi) is 2.70. The van der Waals surface area contributed by atoms with Crippen LogP contribution < -0.4 is 0 Å².